The summed E-state index contributed by atoms with van der Waals surface area (Å²) in [6.07, 6.45) is -4.01. The molecule has 0 aliphatic carbocycles. The van der Waals surface area contributed by atoms with Crippen molar-refractivity contribution in [3.63, 3.8) is 0 Å². The molecule has 41 heavy (non-hydrogen) atoms. The van der Waals surface area contributed by atoms with Gasteiger partial charge in [-0.25, -0.2) is 0 Å². The van der Waals surface area contributed by atoms with Gasteiger partial charge in [0.1, 0.15) is 42.5 Å². The van der Waals surface area contributed by atoms with Crippen LogP contribution in [0.15, 0.2) is 115 Å². The van der Waals surface area contributed by atoms with Gasteiger partial charge in [-0.05, 0) is 41.0 Å². The zero-order valence-corrected chi connectivity index (χ0v) is 23.1. The van der Waals surface area contributed by atoms with Crippen LogP contribution in [0, 0.1) is 0 Å². The monoisotopic (exact) mass is 556 g/mol. The number of aliphatic hydroxyl groups excluding tert-OH is 1. The van der Waals surface area contributed by atoms with Gasteiger partial charge in [-0.1, -0.05) is 91.0 Å². The Morgan fingerprint density at radius 1 is 0.585 bits per heavy atom. The summed E-state index contributed by atoms with van der Waals surface area (Å²) >= 11 is 0. The molecule has 0 saturated carbocycles. The lowest BCUT2D eigenvalue weighted by molar-refractivity contribution is -0.321. The Bertz CT molecular complexity index is 1290. The molecule has 7 nitrogen and oxygen atoms in total. The summed E-state index contributed by atoms with van der Waals surface area (Å²) in [5.41, 5.74) is 2.98. The molecule has 1 saturated heterocycles. The van der Waals surface area contributed by atoms with Gasteiger partial charge in [-0.2, -0.15) is 0 Å². The smallest absolute Gasteiger partial charge is 0.187 e. The fraction of sp³-hybridized carbons (Fsp3) is 0.294. The van der Waals surface area contributed by atoms with Gasteiger partial charge < -0.3 is 33.5 Å². The summed E-state index contributed by atoms with van der Waals surface area (Å²) in [5.74, 6) is 1.36. The van der Waals surface area contributed by atoms with Crippen molar-refractivity contribution < 1.29 is 33.5 Å². The fourth-order valence-electron chi connectivity index (χ4n) is 4.67. The number of hydrogen-bond donors (Lipinski definition) is 1. The molecule has 5 atom stereocenters. The highest BCUT2D eigenvalue weighted by Crippen LogP contribution is 2.30. The van der Waals surface area contributed by atoms with Crippen LogP contribution in [-0.2, 0) is 38.8 Å². The van der Waals surface area contributed by atoms with Crippen LogP contribution in [0.4, 0.5) is 0 Å². The molecule has 7 heteroatoms. The zero-order chi connectivity index (χ0) is 28.3. The van der Waals surface area contributed by atoms with Crippen LogP contribution in [0.1, 0.15) is 16.7 Å². The predicted octanol–water partition coefficient (Wildman–Crippen LogP) is 5.55. The third-order valence-electron chi connectivity index (χ3n) is 6.92. The quantitative estimate of drug-likeness (QED) is 0.232. The summed E-state index contributed by atoms with van der Waals surface area (Å²) in [4.78, 5) is 0. The first-order valence-electron chi connectivity index (χ1n) is 13.8. The second-order valence-electron chi connectivity index (χ2n) is 9.84. The minimum absolute atomic E-state index is 0.0926. The maximum Gasteiger partial charge on any atom is 0.187 e. The maximum absolute atomic E-state index is 11.6. The molecule has 4 aromatic carbocycles. The van der Waals surface area contributed by atoms with Crippen LogP contribution in [0.3, 0.4) is 0 Å². The molecule has 0 aromatic heterocycles. The van der Waals surface area contributed by atoms with Crippen molar-refractivity contribution >= 4 is 0 Å². The molecular formula is C34H36O7. The Balaban J connectivity index is 1.36. The van der Waals surface area contributed by atoms with Crippen molar-refractivity contribution in [3.8, 4) is 11.5 Å². The Hall–Kier alpha value is -3.72. The van der Waals surface area contributed by atoms with Crippen molar-refractivity contribution in [3.05, 3.63) is 132 Å². The lowest BCUT2D eigenvalue weighted by Crippen LogP contribution is -2.61. The van der Waals surface area contributed by atoms with E-state index in [1.165, 1.54) is 0 Å². The van der Waals surface area contributed by atoms with Crippen LogP contribution in [0.2, 0.25) is 0 Å². The van der Waals surface area contributed by atoms with Gasteiger partial charge >= 0.3 is 0 Å². The average molecular weight is 557 g/mol. The van der Waals surface area contributed by atoms with Crippen molar-refractivity contribution in [2.75, 3.05) is 13.7 Å². The van der Waals surface area contributed by atoms with E-state index in [4.69, 9.17) is 28.4 Å². The SMILES string of the molecule is COc1ccc(OC[C@H]2O[C@@H](OCc3ccccc3)[C@H](OCc3ccccc3)[C@@H](OCc3ccccc3)[C@H]2O)cc1. The molecule has 0 radical (unpaired) electrons. The molecule has 1 fully saturated rings. The standard InChI is InChI=1S/C34H36O7/c1-36-28-17-19-29(20-18-28)37-24-30-31(35)32(38-21-25-11-5-2-6-12-25)33(39-22-26-13-7-3-8-14-26)34(41-30)40-23-27-15-9-4-10-16-27/h2-20,30-35H,21-24H2,1H3/t30-,31+,32+,33-,34-/m1/s1. The van der Waals surface area contributed by atoms with E-state index in [1.807, 2.05) is 115 Å². The molecule has 5 rings (SSSR count). The third-order valence-corrected chi connectivity index (χ3v) is 6.92. The van der Waals surface area contributed by atoms with Crippen LogP contribution in [-0.4, -0.2) is 49.5 Å². The lowest BCUT2D eigenvalue weighted by Gasteiger charge is -2.44. The first-order valence-corrected chi connectivity index (χ1v) is 13.8. The van der Waals surface area contributed by atoms with E-state index >= 15 is 0 Å². The van der Waals surface area contributed by atoms with Gasteiger partial charge in [-0.3, -0.25) is 0 Å². The van der Waals surface area contributed by atoms with E-state index < -0.39 is 30.7 Å². The number of aliphatic hydroxyl groups is 1. The molecule has 0 bridgehead atoms. The Kier molecular flexibility index (Phi) is 10.4. The number of hydrogen-bond acceptors (Lipinski definition) is 7. The van der Waals surface area contributed by atoms with Crippen LogP contribution in [0.5, 0.6) is 11.5 Å². The number of rotatable bonds is 13. The lowest BCUT2D eigenvalue weighted by atomic mass is 9.98. The largest absolute Gasteiger partial charge is 0.497 e. The minimum Gasteiger partial charge on any atom is -0.497 e. The Morgan fingerprint density at radius 2 is 1.05 bits per heavy atom. The molecule has 214 valence electrons. The average Bonchev–Trinajstić information content (AvgIpc) is 3.04. The van der Waals surface area contributed by atoms with E-state index in [0.29, 0.717) is 25.6 Å². The number of methoxy groups -OCH3 is 1. The van der Waals surface area contributed by atoms with E-state index in [-0.39, 0.29) is 6.61 Å². The normalized spacial score (nSPS) is 22.2. The second-order valence-corrected chi connectivity index (χ2v) is 9.84. The summed E-state index contributed by atoms with van der Waals surface area (Å²) in [6, 6.07) is 36.8. The zero-order valence-electron chi connectivity index (χ0n) is 23.1. The number of benzene rings is 4. The molecule has 0 unspecified atom stereocenters. The van der Waals surface area contributed by atoms with Gasteiger partial charge in [0.15, 0.2) is 6.29 Å². The highest BCUT2D eigenvalue weighted by atomic mass is 16.7. The van der Waals surface area contributed by atoms with Crippen LogP contribution < -0.4 is 9.47 Å². The minimum atomic E-state index is -1.03. The van der Waals surface area contributed by atoms with Gasteiger partial charge in [0.05, 0.1) is 26.9 Å². The summed E-state index contributed by atoms with van der Waals surface area (Å²) in [6.45, 7) is 1.01. The topological polar surface area (TPSA) is 75.6 Å². The molecule has 1 heterocycles. The summed E-state index contributed by atoms with van der Waals surface area (Å²) in [7, 11) is 1.61. The van der Waals surface area contributed by atoms with Crippen molar-refractivity contribution in [2.45, 2.75) is 50.5 Å². The van der Waals surface area contributed by atoms with Crippen LogP contribution >= 0.6 is 0 Å². The van der Waals surface area contributed by atoms with Crippen molar-refractivity contribution in [2.24, 2.45) is 0 Å². The van der Waals surface area contributed by atoms with Crippen molar-refractivity contribution in [1.82, 2.24) is 0 Å². The van der Waals surface area contributed by atoms with Gasteiger partial charge in [0.2, 0.25) is 0 Å². The molecule has 1 aliphatic rings. The molecular weight excluding hydrogens is 520 g/mol. The van der Waals surface area contributed by atoms with E-state index in [1.54, 1.807) is 7.11 Å². The summed E-state index contributed by atoms with van der Waals surface area (Å²) < 4.78 is 36.6. The molecule has 4 aromatic rings. The molecule has 1 N–H and O–H groups in total. The van der Waals surface area contributed by atoms with Crippen LogP contribution in [0.25, 0.3) is 0 Å². The summed E-state index contributed by atoms with van der Waals surface area (Å²) in [5, 5.41) is 11.6. The van der Waals surface area contributed by atoms with Gasteiger partial charge in [0, 0.05) is 0 Å². The molecule has 0 amide bonds. The van der Waals surface area contributed by atoms with Crippen molar-refractivity contribution in [1.29, 1.82) is 0 Å². The van der Waals surface area contributed by atoms with E-state index in [2.05, 4.69) is 0 Å². The first-order chi connectivity index (χ1) is 20.2. The molecule has 1 aliphatic heterocycles. The van der Waals surface area contributed by atoms with E-state index in [9.17, 15) is 5.11 Å². The number of ether oxygens (including phenoxy) is 6. The predicted molar refractivity (Wildman–Crippen MR) is 154 cm³/mol. The molecule has 0 spiro atoms. The highest BCUT2D eigenvalue weighted by molar-refractivity contribution is 5.31. The second kappa shape index (κ2) is 14.8. The highest BCUT2D eigenvalue weighted by Gasteiger charge is 2.48. The maximum atomic E-state index is 11.6. The first kappa shape index (κ1) is 28.8. The van der Waals surface area contributed by atoms with E-state index in [0.717, 1.165) is 22.4 Å². The van der Waals surface area contributed by atoms with Gasteiger partial charge in [-0.15, -0.1) is 0 Å². The fourth-order valence-corrected chi connectivity index (χ4v) is 4.67. The Morgan fingerprint density at radius 3 is 1.56 bits per heavy atom. The third kappa shape index (κ3) is 8.16. The van der Waals surface area contributed by atoms with Gasteiger partial charge in [0.25, 0.3) is 0 Å². The Labute approximate surface area is 241 Å².